The maximum absolute atomic E-state index is 10.9. The Morgan fingerprint density at radius 1 is 1.56 bits per heavy atom. The van der Waals surface area contributed by atoms with Crippen molar-refractivity contribution in [1.82, 2.24) is 4.90 Å². The van der Waals surface area contributed by atoms with Crippen molar-refractivity contribution in [3.8, 4) is 0 Å². The largest absolute Gasteiger partial charge is 0.466 e. The van der Waals surface area contributed by atoms with Crippen LogP contribution < -0.4 is 0 Å². The fraction of sp³-hybridized carbons (Fsp3) is 0.750. The molecule has 0 aliphatic carbocycles. The molecular weight excluding hydrogens is 206 g/mol. The first kappa shape index (κ1) is 13.0. The van der Waals surface area contributed by atoms with Crippen molar-refractivity contribution in [3.05, 3.63) is 12.3 Å². The van der Waals surface area contributed by atoms with Crippen LogP contribution in [-0.4, -0.2) is 43.8 Å². The van der Waals surface area contributed by atoms with Gasteiger partial charge in [0, 0.05) is 32.0 Å². The van der Waals surface area contributed by atoms with E-state index < -0.39 is 0 Å². The summed E-state index contributed by atoms with van der Waals surface area (Å²) in [5.74, 6) is -0.309. The molecule has 4 nitrogen and oxygen atoms in total. The molecule has 0 amide bonds. The minimum Gasteiger partial charge on any atom is -0.466 e. The number of nitrogens with zero attached hydrogens (tertiary/aromatic N) is 1. The molecular formula is C12H21NO3. The van der Waals surface area contributed by atoms with Gasteiger partial charge in [0.2, 0.25) is 0 Å². The van der Waals surface area contributed by atoms with Crippen LogP contribution in [0.15, 0.2) is 12.3 Å². The first-order valence-corrected chi connectivity index (χ1v) is 5.88. The molecule has 1 heterocycles. The van der Waals surface area contributed by atoms with Crippen LogP contribution in [0.25, 0.3) is 0 Å². The summed E-state index contributed by atoms with van der Waals surface area (Å²) in [6.45, 7) is 4.78. The molecule has 1 fully saturated rings. The lowest BCUT2D eigenvalue weighted by Gasteiger charge is -2.31. The van der Waals surface area contributed by atoms with Gasteiger partial charge >= 0.3 is 5.97 Å². The van der Waals surface area contributed by atoms with Crippen molar-refractivity contribution in [3.63, 3.8) is 0 Å². The third-order valence-electron chi connectivity index (χ3n) is 2.59. The van der Waals surface area contributed by atoms with Gasteiger partial charge in [-0.05, 0) is 19.3 Å². The molecule has 0 aromatic heterocycles. The molecule has 92 valence electrons. The third kappa shape index (κ3) is 4.66. The number of methoxy groups -OCH3 is 1. The molecule has 0 saturated carbocycles. The first-order chi connectivity index (χ1) is 7.76. The smallest absolute Gasteiger partial charge is 0.331 e. The SMILES string of the molecule is CCCOC1CCCN(C=CC(=O)OC)C1. The van der Waals surface area contributed by atoms with E-state index in [9.17, 15) is 4.79 Å². The van der Waals surface area contributed by atoms with E-state index >= 15 is 0 Å². The molecule has 1 saturated heterocycles. The fourth-order valence-electron chi connectivity index (χ4n) is 1.76. The van der Waals surface area contributed by atoms with Crippen LogP contribution in [0.5, 0.6) is 0 Å². The van der Waals surface area contributed by atoms with Gasteiger partial charge in [0.1, 0.15) is 0 Å². The summed E-state index contributed by atoms with van der Waals surface area (Å²) in [4.78, 5) is 13.1. The number of carbonyl (C=O) groups excluding carboxylic acids is 1. The van der Waals surface area contributed by atoms with Crippen LogP contribution in [0.4, 0.5) is 0 Å². The van der Waals surface area contributed by atoms with E-state index in [0.29, 0.717) is 6.10 Å². The number of carbonyl (C=O) groups is 1. The molecule has 1 atom stereocenters. The van der Waals surface area contributed by atoms with Crippen molar-refractivity contribution < 1.29 is 14.3 Å². The zero-order chi connectivity index (χ0) is 11.8. The topological polar surface area (TPSA) is 38.8 Å². The van der Waals surface area contributed by atoms with E-state index in [2.05, 4.69) is 16.6 Å². The minimum atomic E-state index is -0.309. The molecule has 0 aromatic carbocycles. The lowest BCUT2D eigenvalue weighted by Crippen LogP contribution is -2.36. The number of ether oxygens (including phenoxy) is 2. The van der Waals surface area contributed by atoms with Gasteiger partial charge in [-0.1, -0.05) is 6.92 Å². The van der Waals surface area contributed by atoms with Crippen LogP contribution in [0.2, 0.25) is 0 Å². The summed E-state index contributed by atoms with van der Waals surface area (Å²) in [6.07, 6.45) is 6.84. The average molecular weight is 227 g/mol. The standard InChI is InChI=1S/C12H21NO3/c1-3-9-16-11-5-4-7-13(10-11)8-6-12(14)15-2/h6,8,11H,3-5,7,9-10H2,1-2H3. The molecule has 4 heteroatoms. The highest BCUT2D eigenvalue weighted by molar-refractivity contribution is 5.81. The first-order valence-electron chi connectivity index (χ1n) is 5.88. The number of rotatable bonds is 5. The summed E-state index contributed by atoms with van der Waals surface area (Å²) < 4.78 is 10.3. The van der Waals surface area contributed by atoms with Gasteiger partial charge in [0.15, 0.2) is 0 Å². The molecule has 1 unspecified atom stereocenters. The fourth-order valence-corrected chi connectivity index (χ4v) is 1.76. The second kappa shape index (κ2) is 7.28. The summed E-state index contributed by atoms with van der Waals surface area (Å²) >= 11 is 0. The van der Waals surface area contributed by atoms with Gasteiger partial charge in [0.05, 0.1) is 13.2 Å². The van der Waals surface area contributed by atoms with Gasteiger partial charge in [0.25, 0.3) is 0 Å². The maximum Gasteiger partial charge on any atom is 0.331 e. The van der Waals surface area contributed by atoms with E-state index in [1.807, 2.05) is 0 Å². The molecule has 1 rings (SSSR count). The van der Waals surface area contributed by atoms with Crippen molar-refractivity contribution >= 4 is 5.97 Å². The Morgan fingerprint density at radius 2 is 2.38 bits per heavy atom. The predicted octanol–water partition coefficient (Wildman–Crippen LogP) is 1.56. The van der Waals surface area contributed by atoms with Crippen molar-refractivity contribution in [2.45, 2.75) is 32.3 Å². The van der Waals surface area contributed by atoms with Gasteiger partial charge < -0.3 is 14.4 Å². The Labute approximate surface area is 97.2 Å². The van der Waals surface area contributed by atoms with E-state index in [-0.39, 0.29) is 5.97 Å². The van der Waals surface area contributed by atoms with E-state index in [1.165, 1.54) is 13.2 Å². The van der Waals surface area contributed by atoms with Crippen LogP contribution in [0, 0.1) is 0 Å². The molecule has 1 aliphatic rings. The number of piperidine rings is 1. The molecule has 0 spiro atoms. The number of hydrogen-bond acceptors (Lipinski definition) is 4. The molecule has 0 aromatic rings. The third-order valence-corrected chi connectivity index (χ3v) is 2.59. The lowest BCUT2D eigenvalue weighted by molar-refractivity contribution is -0.134. The van der Waals surface area contributed by atoms with Gasteiger partial charge in [-0.2, -0.15) is 0 Å². The lowest BCUT2D eigenvalue weighted by atomic mass is 10.1. The second-order valence-electron chi connectivity index (χ2n) is 3.97. The molecule has 0 bridgehead atoms. The summed E-state index contributed by atoms with van der Waals surface area (Å²) in [6, 6.07) is 0. The maximum atomic E-state index is 10.9. The Kier molecular flexibility index (Phi) is 5.93. The minimum absolute atomic E-state index is 0.302. The van der Waals surface area contributed by atoms with E-state index in [0.717, 1.165) is 39.0 Å². The zero-order valence-electron chi connectivity index (χ0n) is 10.1. The van der Waals surface area contributed by atoms with Crippen LogP contribution in [0.3, 0.4) is 0 Å². The second-order valence-corrected chi connectivity index (χ2v) is 3.97. The quantitative estimate of drug-likeness (QED) is 0.528. The Balaban J connectivity index is 2.32. The van der Waals surface area contributed by atoms with Crippen molar-refractivity contribution in [2.75, 3.05) is 26.8 Å². The summed E-state index contributed by atoms with van der Waals surface area (Å²) in [7, 11) is 1.38. The molecule has 1 aliphatic heterocycles. The van der Waals surface area contributed by atoms with Gasteiger partial charge in [-0.15, -0.1) is 0 Å². The van der Waals surface area contributed by atoms with Crippen LogP contribution in [-0.2, 0) is 14.3 Å². The normalized spacial score (nSPS) is 21.4. The van der Waals surface area contributed by atoms with E-state index in [1.54, 1.807) is 6.20 Å². The van der Waals surface area contributed by atoms with Crippen LogP contribution >= 0.6 is 0 Å². The van der Waals surface area contributed by atoms with E-state index in [4.69, 9.17) is 4.74 Å². The molecule has 0 N–H and O–H groups in total. The van der Waals surface area contributed by atoms with Crippen LogP contribution in [0.1, 0.15) is 26.2 Å². The predicted molar refractivity (Wildman–Crippen MR) is 62.0 cm³/mol. The van der Waals surface area contributed by atoms with Crippen molar-refractivity contribution in [1.29, 1.82) is 0 Å². The molecule has 16 heavy (non-hydrogen) atoms. The summed E-state index contributed by atoms with van der Waals surface area (Å²) in [5, 5.41) is 0. The molecule has 0 radical (unpaired) electrons. The Morgan fingerprint density at radius 3 is 3.06 bits per heavy atom. The number of esters is 1. The van der Waals surface area contributed by atoms with Gasteiger partial charge in [-0.3, -0.25) is 0 Å². The summed E-state index contributed by atoms with van der Waals surface area (Å²) in [5.41, 5.74) is 0. The van der Waals surface area contributed by atoms with Gasteiger partial charge in [-0.25, -0.2) is 4.79 Å². The highest BCUT2D eigenvalue weighted by atomic mass is 16.5. The monoisotopic (exact) mass is 227 g/mol. The highest BCUT2D eigenvalue weighted by Crippen LogP contribution is 2.13. The average Bonchev–Trinajstić information content (AvgIpc) is 2.34. The number of hydrogen-bond donors (Lipinski definition) is 0. The van der Waals surface area contributed by atoms with Crippen molar-refractivity contribution in [2.24, 2.45) is 0 Å². The Hall–Kier alpha value is -1.03. The zero-order valence-corrected chi connectivity index (χ0v) is 10.1. The Bertz CT molecular complexity index is 240. The number of likely N-dealkylation sites (tertiary alicyclic amines) is 1. The highest BCUT2D eigenvalue weighted by Gasteiger charge is 2.17.